The fraction of sp³-hybridized carbons (Fsp3) is 0.556. The normalized spacial score (nSPS) is 17.3. The Morgan fingerprint density at radius 1 is 1.33 bits per heavy atom. The van der Waals surface area contributed by atoms with E-state index in [1.165, 1.54) is 12.7 Å². The number of nitrogens with one attached hydrogen (secondary N) is 1. The lowest BCUT2D eigenvalue weighted by atomic mass is 9.99. The van der Waals surface area contributed by atoms with Crippen LogP contribution in [-0.2, 0) is 4.79 Å². The summed E-state index contributed by atoms with van der Waals surface area (Å²) in [7, 11) is 0. The second kappa shape index (κ2) is 4.79. The van der Waals surface area contributed by atoms with Crippen molar-refractivity contribution in [1.82, 2.24) is 20.3 Å². The van der Waals surface area contributed by atoms with Gasteiger partial charge in [-0.1, -0.05) is 0 Å². The van der Waals surface area contributed by atoms with Crippen molar-refractivity contribution in [2.75, 3.05) is 13.1 Å². The molecule has 1 aliphatic rings. The van der Waals surface area contributed by atoms with Crippen LogP contribution in [0.15, 0.2) is 12.7 Å². The van der Waals surface area contributed by atoms with E-state index in [0.29, 0.717) is 0 Å². The monoisotopic (exact) mass is 208 g/mol. The molecule has 1 N–H and O–H groups in total. The van der Waals surface area contributed by atoms with Crippen molar-refractivity contribution < 1.29 is 9.53 Å². The first-order valence-electron chi connectivity index (χ1n) is 4.90. The molecule has 0 aliphatic carbocycles. The van der Waals surface area contributed by atoms with E-state index in [1.807, 2.05) is 0 Å². The molecule has 1 aromatic heterocycles. The number of aromatic nitrogens is 3. The highest BCUT2D eigenvalue weighted by Crippen LogP contribution is 2.14. The molecule has 6 heteroatoms. The summed E-state index contributed by atoms with van der Waals surface area (Å²) in [6, 6.07) is 0.0773. The zero-order valence-corrected chi connectivity index (χ0v) is 8.22. The Balaban J connectivity index is 1.91. The second-order valence-electron chi connectivity index (χ2n) is 3.37. The van der Waals surface area contributed by atoms with Gasteiger partial charge in [-0.15, -0.1) is 0 Å². The van der Waals surface area contributed by atoms with E-state index in [-0.39, 0.29) is 17.9 Å². The van der Waals surface area contributed by atoms with E-state index >= 15 is 0 Å². The van der Waals surface area contributed by atoms with Gasteiger partial charge in [0.15, 0.2) is 0 Å². The summed E-state index contributed by atoms with van der Waals surface area (Å²) in [6.45, 7) is 1.72. The SMILES string of the molecule is O=C(Oc1ncncn1)C1CCNCC1. The van der Waals surface area contributed by atoms with E-state index in [2.05, 4.69) is 20.3 Å². The third-order valence-electron chi connectivity index (χ3n) is 2.33. The lowest BCUT2D eigenvalue weighted by Gasteiger charge is -2.20. The Labute approximate surface area is 87.1 Å². The molecule has 0 unspecified atom stereocenters. The Kier molecular flexibility index (Phi) is 3.18. The van der Waals surface area contributed by atoms with Crippen molar-refractivity contribution in [2.24, 2.45) is 5.92 Å². The maximum atomic E-state index is 11.6. The average Bonchev–Trinajstić information content (AvgIpc) is 2.31. The summed E-state index contributed by atoms with van der Waals surface area (Å²) >= 11 is 0. The maximum Gasteiger partial charge on any atom is 0.327 e. The summed E-state index contributed by atoms with van der Waals surface area (Å²) in [5.74, 6) is -0.286. The molecule has 0 atom stereocenters. The fourth-order valence-corrected chi connectivity index (χ4v) is 1.51. The number of nitrogens with zero attached hydrogens (tertiary/aromatic N) is 3. The number of piperidine rings is 1. The first-order chi connectivity index (χ1) is 7.36. The summed E-state index contributed by atoms with van der Waals surface area (Å²) in [5, 5.41) is 3.18. The van der Waals surface area contributed by atoms with Crippen LogP contribution >= 0.6 is 0 Å². The number of esters is 1. The summed E-state index contributed by atoms with van der Waals surface area (Å²) in [6.07, 6.45) is 4.23. The van der Waals surface area contributed by atoms with Gasteiger partial charge in [0.1, 0.15) is 12.7 Å². The number of rotatable bonds is 2. The third kappa shape index (κ3) is 2.69. The molecule has 0 spiro atoms. The van der Waals surface area contributed by atoms with Crippen LogP contribution in [-0.4, -0.2) is 34.0 Å². The van der Waals surface area contributed by atoms with Crippen molar-refractivity contribution in [1.29, 1.82) is 0 Å². The van der Waals surface area contributed by atoms with Crippen LogP contribution in [0.3, 0.4) is 0 Å². The molecule has 0 amide bonds. The zero-order valence-electron chi connectivity index (χ0n) is 8.22. The van der Waals surface area contributed by atoms with Gasteiger partial charge in [-0.3, -0.25) is 4.79 Å². The molecule has 1 aliphatic heterocycles. The van der Waals surface area contributed by atoms with Gasteiger partial charge in [-0.2, -0.15) is 9.97 Å². The van der Waals surface area contributed by atoms with Crippen LogP contribution in [0.2, 0.25) is 0 Å². The average molecular weight is 208 g/mol. The van der Waals surface area contributed by atoms with Gasteiger partial charge < -0.3 is 10.1 Å². The van der Waals surface area contributed by atoms with E-state index in [0.717, 1.165) is 25.9 Å². The molecule has 1 aromatic rings. The van der Waals surface area contributed by atoms with Gasteiger partial charge in [-0.25, -0.2) is 4.98 Å². The lowest BCUT2D eigenvalue weighted by molar-refractivity contribution is -0.140. The van der Waals surface area contributed by atoms with Crippen molar-refractivity contribution in [3.63, 3.8) is 0 Å². The van der Waals surface area contributed by atoms with E-state index in [4.69, 9.17) is 4.74 Å². The lowest BCUT2D eigenvalue weighted by Crippen LogP contribution is -2.34. The Morgan fingerprint density at radius 2 is 2.00 bits per heavy atom. The van der Waals surface area contributed by atoms with E-state index in [9.17, 15) is 4.79 Å². The molecule has 2 rings (SSSR count). The number of hydrogen-bond donors (Lipinski definition) is 1. The van der Waals surface area contributed by atoms with Gasteiger partial charge in [-0.05, 0) is 25.9 Å². The van der Waals surface area contributed by atoms with Crippen molar-refractivity contribution in [3.8, 4) is 6.01 Å². The molecular formula is C9H12N4O2. The van der Waals surface area contributed by atoms with E-state index < -0.39 is 0 Å². The minimum absolute atomic E-state index is 0.0389. The first kappa shape index (κ1) is 9.97. The molecule has 0 radical (unpaired) electrons. The predicted molar refractivity (Wildman–Crippen MR) is 51.1 cm³/mol. The minimum Gasteiger partial charge on any atom is -0.391 e. The van der Waals surface area contributed by atoms with Gasteiger partial charge in [0.05, 0.1) is 5.92 Å². The third-order valence-corrected chi connectivity index (χ3v) is 2.33. The molecule has 6 nitrogen and oxygen atoms in total. The summed E-state index contributed by atoms with van der Waals surface area (Å²) in [4.78, 5) is 22.7. The van der Waals surface area contributed by atoms with Crippen LogP contribution < -0.4 is 10.1 Å². The minimum atomic E-state index is -0.247. The molecule has 0 saturated carbocycles. The Bertz CT molecular complexity index is 324. The van der Waals surface area contributed by atoms with Crippen molar-refractivity contribution in [2.45, 2.75) is 12.8 Å². The molecule has 80 valence electrons. The molecule has 0 aromatic carbocycles. The number of hydrogen-bond acceptors (Lipinski definition) is 6. The smallest absolute Gasteiger partial charge is 0.327 e. The van der Waals surface area contributed by atoms with Crippen molar-refractivity contribution in [3.05, 3.63) is 12.7 Å². The largest absolute Gasteiger partial charge is 0.391 e. The number of ether oxygens (including phenoxy) is 1. The van der Waals surface area contributed by atoms with Crippen LogP contribution in [0.25, 0.3) is 0 Å². The Morgan fingerprint density at radius 3 is 2.67 bits per heavy atom. The van der Waals surface area contributed by atoms with Gasteiger partial charge in [0.2, 0.25) is 0 Å². The first-order valence-corrected chi connectivity index (χ1v) is 4.90. The predicted octanol–water partition coefficient (Wildman–Crippen LogP) is -0.223. The molecule has 1 fully saturated rings. The topological polar surface area (TPSA) is 77.0 Å². The summed E-state index contributed by atoms with van der Waals surface area (Å²) < 4.78 is 5.02. The Hall–Kier alpha value is -1.56. The van der Waals surface area contributed by atoms with Crippen LogP contribution in [0.1, 0.15) is 12.8 Å². The number of carbonyl (C=O) groups is 1. The second-order valence-corrected chi connectivity index (χ2v) is 3.37. The highest BCUT2D eigenvalue weighted by molar-refractivity contribution is 5.74. The van der Waals surface area contributed by atoms with Crippen LogP contribution in [0.5, 0.6) is 6.01 Å². The van der Waals surface area contributed by atoms with Crippen LogP contribution in [0.4, 0.5) is 0 Å². The van der Waals surface area contributed by atoms with Gasteiger partial charge >= 0.3 is 12.0 Å². The van der Waals surface area contributed by atoms with Crippen molar-refractivity contribution >= 4 is 5.97 Å². The van der Waals surface area contributed by atoms with Crippen LogP contribution in [0, 0.1) is 5.92 Å². The highest BCUT2D eigenvalue weighted by Gasteiger charge is 2.23. The molecule has 0 bridgehead atoms. The van der Waals surface area contributed by atoms with E-state index in [1.54, 1.807) is 0 Å². The summed E-state index contributed by atoms with van der Waals surface area (Å²) in [5.41, 5.74) is 0. The highest BCUT2D eigenvalue weighted by atomic mass is 16.5. The quantitative estimate of drug-likeness (QED) is 0.677. The zero-order chi connectivity index (χ0) is 10.5. The number of carbonyl (C=O) groups excluding carboxylic acids is 1. The molecule has 15 heavy (non-hydrogen) atoms. The van der Waals surface area contributed by atoms with Gasteiger partial charge in [0, 0.05) is 0 Å². The molecular weight excluding hydrogens is 196 g/mol. The standard InChI is InChI=1S/C9H12N4O2/c14-8(7-1-3-10-4-2-7)15-9-12-5-11-6-13-9/h5-7,10H,1-4H2. The molecule has 2 heterocycles. The fourth-order valence-electron chi connectivity index (χ4n) is 1.51. The van der Waals surface area contributed by atoms with Gasteiger partial charge in [0.25, 0.3) is 0 Å². The maximum absolute atomic E-state index is 11.6. The molecule has 1 saturated heterocycles.